The van der Waals surface area contributed by atoms with Crippen LogP contribution in [0.15, 0.2) is 23.0 Å². The van der Waals surface area contributed by atoms with Gasteiger partial charge in [0.1, 0.15) is 5.76 Å². The average Bonchev–Trinajstić information content (AvgIpc) is 3.23. The van der Waals surface area contributed by atoms with E-state index in [0.717, 1.165) is 29.9 Å². The first-order chi connectivity index (χ1) is 11.0. The van der Waals surface area contributed by atoms with Crippen molar-refractivity contribution in [3.63, 3.8) is 0 Å². The van der Waals surface area contributed by atoms with Gasteiger partial charge in [-0.3, -0.25) is 4.79 Å². The molecule has 0 aliphatic carbocycles. The van der Waals surface area contributed by atoms with E-state index in [9.17, 15) is 4.79 Å². The number of amides is 1. The van der Waals surface area contributed by atoms with E-state index in [1.54, 1.807) is 11.2 Å². The Hall–Kier alpha value is -2.08. The van der Waals surface area contributed by atoms with Crippen LogP contribution in [0.25, 0.3) is 0 Å². The molecule has 1 saturated heterocycles. The number of carbonyl (C=O) groups excluding carboxylic acids is 1. The fourth-order valence-corrected chi connectivity index (χ4v) is 3.26. The molecule has 0 bridgehead atoms. The van der Waals surface area contributed by atoms with E-state index in [1.165, 1.54) is 0 Å². The minimum atomic E-state index is -0.0971. The second-order valence-corrected chi connectivity index (χ2v) is 6.21. The molecule has 3 heterocycles. The monoisotopic (exact) mass is 316 g/mol. The van der Waals surface area contributed by atoms with Gasteiger partial charge in [-0.2, -0.15) is 0 Å². The van der Waals surface area contributed by atoms with Crippen LogP contribution >= 0.6 is 0 Å². The predicted octanol–water partition coefficient (Wildman–Crippen LogP) is 1.70. The number of carbonyl (C=O) groups is 1. The third kappa shape index (κ3) is 2.91. The van der Waals surface area contributed by atoms with Crippen molar-refractivity contribution in [1.82, 2.24) is 14.5 Å². The van der Waals surface area contributed by atoms with Crippen molar-refractivity contribution in [3.8, 4) is 0 Å². The number of nitrogens with two attached hydrogens (primary N) is 1. The highest BCUT2D eigenvalue weighted by Crippen LogP contribution is 2.27. The number of rotatable bonds is 4. The lowest BCUT2D eigenvalue weighted by atomic mass is 10.0. The Bertz CT molecular complexity index is 682. The van der Waals surface area contributed by atoms with E-state index in [2.05, 4.69) is 11.9 Å². The van der Waals surface area contributed by atoms with Crippen LogP contribution in [0.5, 0.6) is 0 Å². The lowest BCUT2D eigenvalue weighted by Crippen LogP contribution is -2.32. The van der Waals surface area contributed by atoms with Gasteiger partial charge in [0.05, 0.1) is 12.0 Å². The van der Waals surface area contributed by atoms with E-state index in [4.69, 9.17) is 10.2 Å². The summed E-state index contributed by atoms with van der Waals surface area (Å²) in [7, 11) is 1.93. The predicted molar refractivity (Wildman–Crippen MR) is 87.3 cm³/mol. The number of hydrogen-bond acceptors (Lipinski definition) is 4. The fourth-order valence-electron chi connectivity index (χ4n) is 3.26. The summed E-state index contributed by atoms with van der Waals surface area (Å²) < 4.78 is 7.66. The Morgan fingerprint density at radius 3 is 2.74 bits per heavy atom. The molecule has 2 aromatic heterocycles. The van der Waals surface area contributed by atoms with Crippen molar-refractivity contribution in [2.45, 2.75) is 38.6 Å². The standard InChI is InChI=1S/C17H24N4O2/c1-4-11-6-16(23-15(11)5-2)17(22)21-7-12(13(18)8-21)14-9-20(3)10-19-14/h6,9-10,12-13H,4-5,7-8,18H2,1-3H3/t12-,13-/m1/s1. The zero-order valence-corrected chi connectivity index (χ0v) is 14.0. The van der Waals surface area contributed by atoms with Crippen LogP contribution in [0.4, 0.5) is 0 Å². The molecule has 2 atom stereocenters. The second-order valence-electron chi connectivity index (χ2n) is 6.21. The summed E-state index contributed by atoms with van der Waals surface area (Å²) in [6.07, 6.45) is 5.40. The van der Waals surface area contributed by atoms with E-state index in [1.807, 2.05) is 30.8 Å². The van der Waals surface area contributed by atoms with E-state index in [0.29, 0.717) is 18.8 Å². The number of furan rings is 1. The van der Waals surface area contributed by atoms with Gasteiger partial charge in [0.2, 0.25) is 0 Å². The SMILES string of the molecule is CCc1cc(C(=O)N2C[C@@H](N)[C@H](c3cn(C)cn3)C2)oc1CC. The van der Waals surface area contributed by atoms with Crippen molar-refractivity contribution in [3.05, 3.63) is 41.4 Å². The molecule has 3 rings (SSSR count). The minimum Gasteiger partial charge on any atom is -0.456 e. The van der Waals surface area contributed by atoms with Crippen molar-refractivity contribution >= 4 is 5.91 Å². The Kier molecular flexibility index (Phi) is 4.26. The Balaban J connectivity index is 1.77. The van der Waals surface area contributed by atoms with Crippen molar-refractivity contribution in [2.75, 3.05) is 13.1 Å². The molecule has 0 spiro atoms. The van der Waals surface area contributed by atoms with Gasteiger partial charge >= 0.3 is 0 Å². The van der Waals surface area contributed by atoms with E-state index < -0.39 is 0 Å². The maximum atomic E-state index is 12.7. The molecule has 23 heavy (non-hydrogen) atoms. The molecule has 0 radical (unpaired) electrons. The van der Waals surface area contributed by atoms with Crippen molar-refractivity contribution in [1.29, 1.82) is 0 Å². The first kappa shape index (κ1) is 15.8. The molecule has 0 unspecified atom stereocenters. The lowest BCUT2D eigenvalue weighted by molar-refractivity contribution is 0.0755. The van der Waals surface area contributed by atoms with Gasteiger partial charge in [0.25, 0.3) is 5.91 Å². The zero-order chi connectivity index (χ0) is 16.6. The second kappa shape index (κ2) is 6.20. The molecular weight excluding hydrogens is 292 g/mol. The highest BCUT2D eigenvalue weighted by Gasteiger charge is 2.36. The topological polar surface area (TPSA) is 77.3 Å². The summed E-state index contributed by atoms with van der Waals surface area (Å²) in [6.45, 7) is 5.22. The number of likely N-dealkylation sites (tertiary alicyclic amines) is 1. The average molecular weight is 316 g/mol. The molecular formula is C17H24N4O2. The third-order valence-electron chi connectivity index (χ3n) is 4.57. The van der Waals surface area contributed by atoms with Gasteiger partial charge in [-0.1, -0.05) is 13.8 Å². The van der Waals surface area contributed by atoms with E-state index in [-0.39, 0.29) is 17.9 Å². The van der Waals surface area contributed by atoms with Crippen LogP contribution in [0, 0.1) is 0 Å². The molecule has 1 aliphatic heterocycles. The highest BCUT2D eigenvalue weighted by atomic mass is 16.4. The smallest absolute Gasteiger partial charge is 0.289 e. The van der Waals surface area contributed by atoms with Crippen LogP contribution in [-0.4, -0.2) is 39.5 Å². The molecule has 2 aromatic rings. The summed E-state index contributed by atoms with van der Waals surface area (Å²) in [5, 5.41) is 0. The molecule has 6 nitrogen and oxygen atoms in total. The van der Waals surface area contributed by atoms with Crippen LogP contribution in [0.3, 0.4) is 0 Å². The summed E-state index contributed by atoms with van der Waals surface area (Å²) in [5.74, 6) is 1.33. The summed E-state index contributed by atoms with van der Waals surface area (Å²) in [5.41, 5.74) is 8.29. The van der Waals surface area contributed by atoms with Gasteiger partial charge in [-0.25, -0.2) is 4.98 Å². The molecule has 0 aromatic carbocycles. The molecule has 1 aliphatic rings. The normalized spacial score (nSPS) is 21.1. The third-order valence-corrected chi connectivity index (χ3v) is 4.57. The maximum absolute atomic E-state index is 12.7. The molecule has 6 heteroatoms. The molecule has 1 fully saturated rings. The first-order valence-corrected chi connectivity index (χ1v) is 8.17. The van der Waals surface area contributed by atoms with Crippen LogP contribution in [-0.2, 0) is 19.9 Å². The Morgan fingerprint density at radius 1 is 1.39 bits per heavy atom. The van der Waals surface area contributed by atoms with Gasteiger partial charge in [0.15, 0.2) is 5.76 Å². The highest BCUT2D eigenvalue weighted by molar-refractivity contribution is 5.92. The number of aromatic nitrogens is 2. The quantitative estimate of drug-likeness (QED) is 0.931. The van der Waals surface area contributed by atoms with Crippen molar-refractivity contribution in [2.24, 2.45) is 12.8 Å². The van der Waals surface area contributed by atoms with Crippen molar-refractivity contribution < 1.29 is 9.21 Å². The van der Waals surface area contributed by atoms with Crippen LogP contribution < -0.4 is 5.73 Å². The molecule has 124 valence electrons. The summed E-state index contributed by atoms with van der Waals surface area (Å²) in [6, 6.07) is 1.78. The largest absolute Gasteiger partial charge is 0.456 e. The van der Waals surface area contributed by atoms with Gasteiger partial charge in [0, 0.05) is 44.7 Å². The molecule has 1 amide bonds. The zero-order valence-electron chi connectivity index (χ0n) is 14.0. The number of hydrogen-bond donors (Lipinski definition) is 1. The number of imidazole rings is 1. The van der Waals surface area contributed by atoms with Crippen LogP contribution in [0.1, 0.15) is 47.3 Å². The fraction of sp³-hybridized carbons (Fsp3) is 0.529. The number of aryl methyl sites for hydroxylation is 3. The lowest BCUT2D eigenvalue weighted by Gasteiger charge is -2.14. The summed E-state index contributed by atoms with van der Waals surface area (Å²) >= 11 is 0. The Morgan fingerprint density at radius 2 is 2.17 bits per heavy atom. The minimum absolute atomic E-state index is 0.0754. The van der Waals surface area contributed by atoms with Gasteiger partial charge < -0.3 is 19.6 Å². The molecule has 2 N–H and O–H groups in total. The van der Waals surface area contributed by atoms with Crippen LogP contribution in [0.2, 0.25) is 0 Å². The van der Waals surface area contributed by atoms with E-state index >= 15 is 0 Å². The van der Waals surface area contributed by atoms with Gasteiger partial charge in [-0.05, 0) is 18.1 Å². The first-order valence-electron chi connectivity index (χ1n) is 8.17. The summed E-state index contributed by atoms with van der Waals surface area (Å²) in [4.78, 5) is 18.9. The Labute approximate surface area is 136 Å². The number of nitrogens with zero attached hydrogens (tertiary/aromatic N) is 3. The van der Waals surface area contributed by atoms with Gasteiger partial charge in [-0.15, -0.1) is 0 Å². The molecule has 0 saturated carbocycles. The maximum Gasteiger partial charge on any atom is 0.289 e.